The predicted molar refractivity (Wildman–Crippen MR) is 81.4 cm³/mol. The van der Waals surface area contributed by atoms with Crippen molar-refractivity contribution in [3.63, 3.8) is 0 Å². The standard InChI is InChI=1S/C15H22ClN3O/c1-2-12-10-20-8-7-19(12)15-6-5-13(16)14(18-15)9-17-11-3-4-11/h5-6,11-12,17H,2-4,7-10H2,1H3. The van der Waals surface area contributed by atoms with Crippen molar-refractivity contribution in [2.45, 2.75) is 44.8 Å². The second kappa shape index (κ2) is 6.29. The molecule has 2 fully saturated rings. The van der Waals surface area contributed by atoms with Crippen LogP contribution >= 0.6 is 11.6 Å². The smallest absolute Gasteiger partial charge is 0.129 e. The van der Waals surface area contributed by atoms with Gasteiger partial charge in [0, 0.05) is 19.1 Å². The largest absolute Gasteiger partial charge is 0.377 e. The summed E-state index contributed by atoms with van der Waals surface area (Å²) in [5.74, 6) is 1.03. The van der Waals surface area contributed by atoms with Crippen LogP contribution in [0.4, 0.5) is 5.82 Å². The fraction of sp³-hybridized carbons (Fsp3) is 0.667. The lowest BCUT2D eigenvalue weighted by Crippen LogP contribution is -2.45. The summed E-state index contributed by atoms with van der Waals surface area (Å²) in [6, 6.07) is 5.08. The van der Waals surface area contributed by atoms with Gasteiger partial charge in [-0.25, -0.2) is 4.98 Å². The Morgan fingerprint density at radius 3 is 3.05 bits per heavy atom. The van der Waals surface area contributed by atoms with Crippen LogP contribution in [0.2, 0.25) is 5.02 Å². The number of ether oxygens (including phenoxy) is 1. The molecule has 0 spiro atoms. The fourth-order valence-electron chi connectivity index (χ4n) is 2.58. The van der Waals surface area contributed by atoms with E-state index in [2.05, 4.69) is 17.1 Å². The second-order valence-electron chi connectivity index (χ2n) is 5.58. The SMILES string of the molecule is CCC1COCCN1c1ccc(Cl)c(CNC2CC2)n1. The first-order chi connectivity index (χ1) is 9.78. The molecule has 1 aromatic rings. The molecule has 20 heavy (non-hydrogen) atoms. The van der Waals surface area contributed by atoms with E-state index in [0.29, 0.717) is 12.1 Å². The Hall–Kier alpha value is -0.840. The summed E-state index contributed by atoms with van der Waals surface area (Å²) in [7, 11) is 0. The highest BCUT2D eigenvalue weighted by atomic mass is 35.5. The molecule has 1 aliphatic heterocycles. The van der Waals surface area contributed by atoms with Gasteiger partial charge >= 0.3 is 0 Å². The van der Waals surface area contributed by atoms with Gasteiger partial charge in [0.15, 0.2) is 0 Å². The van der Waals surface area contributed by atoms with Crippen molar-refractivity contribution in [1.82, 2.24) is 10.3 Å². The molecule has 5 heteroatoms. The van der Waals surface area contributed by atoms with Crippen LogP contribution in [0.1, 0.15) is 31.9 Å². The summed E-state index contributed by atoms with van der Waals surface area (Å²) in [6.45, 7) is 5.42. The lowest BCUT2D eigenvalue weighted by atomic mass is 10.1. The molecule has 2 heterocycles. The normalized spacial score (nSPS) is 23.1. The first-order valence-electron chi connectivity index (χ1n) is 7.51. The van der Waals surface area contributed by atoms with Crippen LogP contribution in [0.5, 0.6) is 0 Å². The van der Waals surface area contributed by atoms with E-state index in [0.717, 1.165) is 49.3 Å². The van der Waals surface area contributed by atoms with Crippen LogP contribution in [0, 0.1) is 0 Å². The molecule has 2 aliphatic rings. The predicted octanol–water partition coefficient (Wildman–Crippen LogP) is 2.60. The molecule has 1 saturated heterocycles. The Morgan fingerprint density at radius 2 is 2.30 bits per heavy atom. The van der Waals surface area contributed by atoms with Crippen molar-refractivity contribution >= 4 is 17.4 Å². The molecule has 1 unspecified atom stereocenters. The number of hydrogen-bond donors (Lipinski definition) is 1. The molecular weight excluding hydrogens is 274 g/mol. The monoisotopic (exact) mass is 295 g/mol. The van der Waals surface area contributed by atoms with E-state index in [9.17, 15) is 0 Å². The minimum Gasteiger partial charge on any atom is -0.377 e. The number of aromatic nitrogens is 1. The van der Waals surface area contributed by atoms with Crippen LogP contribution in [0.25, 0.3) is 0 Å². The molecule has 3 rings (SSSR count). The Balaban J connectivity index is 1.75. The van der Waals surface area contributed by atoms with Gasteiger partial charge in [0.05, 0.1) is 30.0 Å². The van der Waals surface area contributed by atoms with Crippen molar-refractivity contribution in [2.24, 2.45) is 0 Å². The lowest BCUT2D eigenvalue weighted by molar-refractivity contribution is 0.0925. The number of nitrogens with zero attached hydrogens (tertiary/aromatic N) is 2. The number of rotatable bonds is 5. The second-order valence-corrected chi connectivity index (χ2v) is 5.99. The highest BCUT2D eigenvalue weighted by molar-refractivity contribution is 6.31. The van der Waals surface area contributed by atoms with Gasteiger partial charge in [-0.3, -0.25) is 0 Å². The summed E-state index contributed by atoms with van der Waals surface area (Å²) in [4.78, 5) is 7.12. The van der Waals surface area contributed by atoms with Crippen molar-refractivity contribution in [3.05, 3.63) is 22.8 Å². The number of morpholine rings is 1. The van der Waals surface area contributed by atoms with Gasteiger partial charge in [0.2, 0.25) is 0 Å². The molecule has 0 amide bonds. The minimum atomic E-state index is 0.418. The molecule has 1 aromatic heterocycles. The number of hydrogen-bond acceptors (Lipinski definition) is 4. The molecule has 110 valence electrons. The molecule has 1 atom stereocenters. The summed E-state index contributed by atoms with van der Waals surface area (Å²) < 4.78 is 5.56. The summed E-state index contributed by atoms with van der Waals surface area (Å²) in [5, 5.41) is 4.23. The van der Waals surface area contributed by atoms with Crippen LogP contribution in [0.3, 0.4) is 0 Å². The molecule has 0 aromatic carbocycles. The quantitative estimate of drug-likeness (QED) is 0.906. The van der Waals surface area contributed by atoms with E-state index < -0.39 is 0 Å². The van der Waals surface area contributed by atoms with E-state index >= 15 is 0 Å². The summed E-state index contributed by atoms with van der Waals surface area (Å²) >= 11 is 6.26. The van der Waals surface area contributed by atoms with E-state index in [1.807, 2.05) is 12.1 Å². The van der Waals surface area contributed by atoms with Crippen LogP contribution in [-0.2, 0) is 11.3 Å². The zero-order valence-corrected chi connectivity index (χ0v) is 12.7. The molecule has 0 bridgehead atoms. The summed E-state index contributed by atoms with van der Waals surface area (Å²) in [5.41, 5.74) is 0.956. The molecule has 0 radical (unpaired) electrons. The van der Waals surface area contributed by atoms with Gasteiger partial charge in [-0.2, -0.15) is 0 Å². The Labute approximate surface area is 125 Å². The molecule has 1 aliphatic carbocycles. The van der Waals surface area contributed by atoms with Crippen molar-refractivity contribution in [3.8, 4) is 0 Å². The molecule has 1 N–H and O–H groups in total. The van der Waals surface area contributed by atoms with E-state index in [1.54, 1.807) is 0 Å². The molecule has 1 saturated carbocycles. The third kappa shape index (κ3) is 3.25. The zero-order chi connectivity index (χ0) is 13.9. The Morgan fingerprint density at radius 1 is 1.45 bits per heavy atom. The average Bonchev–Trinajstić information content (AvgIpc) is 3.30. The maximum atomic E-state index is 6.26. The maximum absolute atomic E-state index is 6.26. The minimum absolute atomic E-state index is 0.418. The third-order valence-electron chi connectivity index (χ3n) is 4.03. The topological polar surface area (TPSA) is 37.4 Å². The number of pyridine rings is 1. The molecule has 4 nitrogen and oxygen atoms in total. The Bertz CT molecular complexity index is 464. The summed E-state index contributed by atoms with van der Waals surface area (Å²) in [6.07, 6.45) is 3.62. The average molecular weight is 296 g/mol. The lowest BCUT2D eigenvalue weighted by Gasteiger charge is -2.36. The first-order valence-corrected chi connectivity index (χ1v) is 7.89. The van der Waals surface area contributed by atoms with Crippen molar-refractivity contribution in [1.29, 1.82) is 0 Å². The van der Waals surface area contributed by atoms with Gasteiger partial charge in [0.25, 0.3) is 0 Å². The first kappa shape index (κ1) is 14.1. The fourth-order valence-corrected chi connectivity index (χ4v) is 2.75. The third-order valence-corrected chi connectivity index (χ3v) is 4.38. The van der Waals surface area contributed by atoms with Crippen molar-refractivity contribution < 1.29 is 4.74 Å². The van der Waals surface area contributed by atoms with E-state index in [-0.39, 0.29) is 0 Å². The van der Waals surface area contributed by atoms with Gasteiger partial charge in [0.1, 0.15) is 5.82 Å². The van der Waals surface area contributed by atoms with Crippen LogP contribution in [0.15, 0.2) is 12.1 Å². The van der Waals surface area contributed by atoms with E-state index in [4.69, 9.17) is 21.3 Å². The number of halogens is 1. The van der Waals surface area contributed by atoms with Crippen LogP contribution in [-0.4, -0.2) is 36.8 Å². The number of anilines is 1. The Kier molecular flexibility index (Phi) is 4.44. The highest BCUT2D eigenvalue weighted by Crippen LogP contribution is 2.25. The highest BCUT2D eigenvalue weighted by Gasteiger charge is 2.24. The number of nitrogens with one attached hydrogen (secondary N) is 1. The van der Waals surface area contributed by atoms with Crippen LogP contribution < -0.4 is 10.2 Å². The van der Waals surface area contributed by atoms with E-state index in [1.165, 1.54) is 12.8 Å². The van der Waals surface area contributed by atoms with Crippen molar-refractivity contribution in [2.75, 3.05) is 24.7 Å². The van der Waals surface area contributed by atoms with Gasteiger partial charge in [-0.05, 0) is 31.4 Å². The molecular formula is C15H22ClN3O. The van der Waals surface area contributed by atoms with Gasteiger partial charge in [-0.15, -0.1) is 0 Å². The zero-order valence-electron chi connectivity index (χ0n) is 11.9. The van der Waals surface area contributed by atoms with Gasteiger partial charge in [-0.1, -0.05) is 18.5 Å². The van der Waals surface area contributed by atoms with Gasteiger partial charge < -0.3 is 15.0 Å². The maximum Gasteiger partial charge on any atom is 0.129 e.